The van der Waals surface area contributed by atoms with Gasteiger partial charge in [-0.05, 0) is 54.5 Å². The van der Waals surface area contributed by atoms with Gasteiger partial charge in [-0.3, -0.25) is 14.5 Å². The Kier molecular flexibility index (Phi) is 8.13. The van der Waals surface area contributed by atoms with Crippen molar-refractivity contribution in [2.24, 2.45) is 4.99 Å². The number of carbonyl (C=O) groups is 2. The summed E-state index contributed by atoms with van der Waals surface area (Å²) in [4.78, 5) is 31.5. The molecular formula is C24H23F2N3O6S2. The number of amides is 2. The van der Waals surface area contributed by atoms with Crippen LogP contribution in [0.25, 0.3) is 6.08 Å². The first-order chi connectivity index (χ1) is 17.6. The zero-order valence-electron chi connectivity index (χ0n) is 19.6. The number of ether oxygens (including phenoxy) is 2. The molecule has 4 rings (SSSR count). The van der Waals surface area contributed by atoms with E-state index in [9.17, 15) is 26.8 Å². The Bertz CT molecular complexity index is 1330. The number of benzene rings is 2. The molecule has 0 spiro atoms. The molecule has 2 aromatic rings. The number of nitrogens with one attached hydrogen (secondary N) is 1. The van der Waals surface area contributed by atoms with Crippen molar-refractivity contribution in [3.63, 3.8) is 0 Å². The van der Waals surface area contributed by atoms with Gasteiger partial charge in [0.05, 0.1) is 30.1 Å². The van der Waals surface area contributed by atoms with E-state index in [2.05, 4.69) is 15.0 Å². The Balaban J connectivity index is 1.54. The molecule has 1 atom stereocenters. The first-order valence-electron chi connectivity index (χ1n) is 11.1. The fourth-order valence-corrected chi connectivity index (χ4v) is 6.26. The fraction of sp³-hybridized carbons (Fsp3) is 0.292. The summed E-state index contributed by atoms with van der Waals surface area (Å²) in [6.07, 6.45) is 1.94. The van der Waals surface area contributed by atoms with Crippen molar-refractivity contribution in [3.05, 3.63) is 59.8 Å². The first kappa shape index (κ1) is 26.6. The quantitative estimate of drug-likeness (QED) is 0.502. The highest BCUT2D eigenvalue weighted by atomic mass is 32.2. The Hall–Kier alpha value is -3.45. The van der Waals surface area contributed by atoms with Gasteiger partial charge in [0.1, 0.15) is 17.2 Å². The lowest BCUT2D eigenvalue weighted by Gasteiger charge is -2.18. The van der Waals surface area contributed by atoms with Crippen LogP contribution in [-0.2, 0) is 19.4 Å². The van der Waals surface area contributed by atoms with E-state index < -0.39 is 34.3 Å². The summed E-state index contributed by atoms with van der Waals surface area (Å²) in [5.41, 5.74) is 1.15. The number of thioether (sulfide) groups is 1. The SMILES string of the molecule is COc1ccc(/C=C2/N=C(SCC(=O)N[C@@H]3CCS(=O)(=O)C3)N(c3ccc(OC(F)F)cc3)C2=O)cc1. The number of aliphatic imine (C=N–C) groups is 1. The Morgan fingerprint density at radius 1 is 1.19 bits per heavy atom. The van der Waals surface area contributed by atoms with Crippen LogP contribution in [0.3, 0.4) is 0 Å². The minimum Gasteiger partial charge on any atom is -0.497 e. The van der Waals surface area contributed by atoms with Crippen LogP contribution in [0.2, 0.25) is 0 Å². The number of methoxy groups -OCH3 is 1. The maximum Gasteiger partial charge on any atom is 0.387 e. The van der Waals surface area contributed by atoms with Crippen molar-refractivity contribution in [2.45, 2.75) is 19.1 Å². The molecule has 0 unspecified atom stereocenters. The molecule has 1 N–H and O–H groups in total. The number of hydrogen-bond acceptors (Lipinski definition) is 8. The van der Waals surface area contributed by atoms with E-state index in [0.29, 0.717) is 23.4 Å². The molecule has 0 bridgehead atoms. The summed E-state index contributed by atoms with van der Waals surface area (Å²) < 4.78 is 57.9. The third-order valence-electron chi connectivity index (χ3n) is 5.50. The average Bonchev–Trinajstić information content (AvgIpc) is 3.36. The smallest absolute Gasteiger partial charge is 0.387 e. The van der Waals surface area contributed by atoms with E-state index in [1.54, 1.807) is 37.5 Å². The lowest BCUT2D eigenvalue weighted by atomic mass is 10.2. The molecule has 0 aromatic heterocycles. The van der Waals surface area contributed by atoms with Crippen molar-refractivity contribution in [1.29, 1.82) is 0 Å². The Morgan fingerprint density at radius 3 is 2.46 bits per heavy atom. The standard InChI is InChI=1S/C24H23F2N3O6S2/c1-34-18-6-2-15(3-7-18)12-20-22(31)29(17-4-8-19(9-5-17)35-23(25)26)24(28-20)36-13-21(30)27-16-10-11-37(32,33)14-16/h2-9,12,16,23H,10-11,13-14H2,1H3,(H,27,30)/b20-12+/t16-/m1/s1. The van der Waals surface area contributed by atoms with Crippen LogP contribution in [-0.4, -0.2) is 62.4 Å². The van der Waals surface area contributed by atoms with E-state index in [-0.39, 0.29) is 33.9 Å². The number of sulfone groups is 1. The second kappa shape index (κ2) is 11.3. The van der Waals surface area contributed by atoms with Crippen LogP contribution in [0, 0.1) is 0 Å². The molecular weight excluding hydrogens is 528 g/mol. The molecule has 2 aliphatic rings. The van der Waals surface area contributed by atoms with Crippen LogP contribution >= 0.6 is 11.8 Å². The fourth-order valence-electron chi connectivity index (χ4n) is 3.76. The maximum absolute atomic E-state index is 13.3. The second-order valence-corrected chi connectivity index (χ2v) is 11.3. The van der Waals surface area contributed by atoms with Gasteiger partial charge in [0.2, 0.25) is 5.91 Å². The van der Waals surface area contributed by atoms with E-state index in [1.165, 1.54) is 29.2 Å². The van der Waals surface area contributed by atoms with Gasteiger partial charge >= 0.3 is 6.61 Å². The summed E-state index contributed by atoms with van der Waals surface area (Å²) in [5, 5.41) is 2.91. The normalized spacial score (nSPS) is 19.8. The summed E-state index contributed by atoms with van der Waals surface area (Å²) in [6, 6.07) is 12.0. The second-order valence-electron chi connectivity index (χ2n) is 8.17. The van der Waals surface area contributed by atoms with Crippen molar-refractivity contribution in [1.82, 2.24) is 5.32 Å². The monoisotopic (exact) mass is 551 g/mol. The zero-order chi connectivity index (χ0) is 26.6. The van der Waals surface area contributed by atoms with Crippen LogP contribution in [0.15, 0.2) is 59.2 Å². The van der Waals surface area contributed by atoms with Crippen LogP contribution in [0.1, 0.15) is 12.0 Å². The van der Waals surface area contributed by atoms with Crippen LogP contribution in [0.5, 0.6) is 11.5 Å². The van der Waals surface area contributed by atoms with Crippen molar-refractivity contribution >= 4 is 50.3 Å². The molecule has 37 heavy (non-hydrogen) atoms. The predicted molar refractivity (Wildman–Crippen MR) is 137 cm³/mol. The number of halogens is 2. The molecule has 0 aliphatic carbocycles. The predicted octanol–water partition coefficient (Wildman–Crippen LogP) is 3.08. The number of amidine groups is 1. The molecule has 2 heterocycles. The van der Waals surface area contributed by atoms with Crippen LogP contribution < -0.4 is 19.7 Å². The highest BCUT2D eigenvalue weighted by Gasteiger charge is 2.33. The van der Waals surface area contributed by atoms with Gasteiger partial charge in [-0.2, -0.15) is 8.78 Å². The third kappa shape index (κ3) is 6.86. The summed E-state index contributed by atoms with van der Waals surface area (Å²) in [6.45, 7) is -2.99. The van der Waals surface area contributed by atoms with Gasteiger partial charge in [-0.1, -0.05) is 23.9 Å². The van der Waals surface area contributed by atoms with Gasteiger partial charge in [0.15, 0.2) is 15.0 Å². The summed E-state index contributed by atoms with van der Waals surface area (Å²) in [7, 11) is -1.61. The summed E-state index contributed by atoms with van der Waals surface area (Å²) in [5.74, 6) is -0.466. The van der Waals surface area contributed by atoms with E-state index in [0.717, 1.165) is 11.8 Å². The number of rotatable bonds is 8. The molecule has 1 fully saturated rings. The minimum absolute atomic E-state index is 0.0326. The summed E-state index contributed by atoms with van der Waals surface area (Å²) >= 11 is 0.999. The number of anilines is 1. The molecule has 2 aliphatic heterocycles. The van der Waals surface area contributed by atoms with Gasteiger partial charge in [-0.15, -0.1) is 0 Å². The average molecular weight is 552 g/mol. The molecule has 0 saturated carbocycles. The Morgan fingerprint density at radius 2 is 1.86 bits per heavy atom. The highest BCUT2D eigenvalue weighted by molar-refractivity contribution is 8.14. The molecule has 13 heteroatoms. The van der Waals surface area contributed by atoms with E-state index in [4.69, 9.17) is 4.74 Å². The molecule has 196 valence electrons. The molecule has 0 radical (unpaired) electrons. The third-order valence-corrected chi connectivity index (χ3v) is 8.21. The van der Waals surface area contributed by atoms with Crippen molar-refractivity contribution < 1.29 is 36.3 Å². The molecule has 1 saturated heterocycles. The number of alkyl halides is 2. The first-order valence-corrected chi connectivity index (χ1v) is 13.9. The van der Waals surface area contributed by atoms with Gasteiger partial charge in [0.25, 0.3) is 5.91 Å². The Labute approximate surface area is 216 Å². The maximum atomic E-state index is 13.3. The topological polar surface area (TPSA) is 114 Å². The molecule has 2 aromatic carbocycles. The van der Waals surface area contributed by atoms with Crippen LogP contribution in [0.4, 0.5) is 14.5 Å². The van der Waals surface area contributed by atoms with E-state index in [1.807, 2.05) is 0 Å². The lowest BCUT2D eigenvalue weighted by molar-refractivity contribution is -0.119. The molecule has 2 amide bonds. The number of nitrogens with zero attached hydrogens (tertiary/aromatic N) is 2. The van der Waals surface area contributed by atoms with Gasteiger partial charge < -0.3 is 14.8 Å². The zero-order valence-corrected chi connectivity index (χ0v) is 21.2. The van der Waals surface area contributed by atoms with E-state index >= 15 is 0 Å². The van der Waals surface area contributed by atoms with Gasteiger partial charge in [0, 0.05) is 6.04 Å². The van der Waals surface area contributed by atoms with Crippen molar-refractivity contribution in [2.75, 3.05) is 29.3 Å². The number of hydrogen-bond donors (Lipinski definition) is 1. The molecule has 9 nitrogen and oxygen atoms in total. The number of carbonyl (C=O) groups excluding carboxylic acids is 2. The largest absolute Gasteiger partial charge is 0.497 e. The lowest BCUT2D eigenvalue weighted by Crippen LogP contribution is -2.37. The minimum atomic E-state index is -3.15. The highest BCUT2D eigenvalue weighted by Crippen LogP contribution is 2.31. The van der Waals surface area contributed by atoms with Crippen molar-refractivity contribution in [3.8, 4) is 11.5 Å². The van der Waals surface area contributed by atoms with Gasteiger partial charge in [-0.25, -0.2) is 13.4 Å².